The third kappa shape index (κ3) is 10.3. The first-order valence-electron chi connectivity index (χ1n) is 11.2. The quantitative estimate of drug-likeness (QED) is 0.287. The number of ether oxygens (including phenoxy) is 1. The van der Waals surface area contributed by atoms with Crippen LogP contribution in [0.2, 0.25) is 0 Å². The minimum atomic E-state index is -0.553. The first-order chi connectivity index (χ1) is 13.9. The van der Waals surface area contributed by atoms with E-state index in [1.54, 1.807) is 11.9 Å². The van der Waals surface area contributed by atoms with Gasteiger partial charge in [-0.1, -0.05) is 0 Å². The highest BCUT2D eigenvalue weighted by atomic mass is 127. The molecule has 8 nitrogen and oxygen atoms in total. The molecule has 1 saturated heterocycles. The minimum absolute atomic E-state index is 0. The van der Waals surface area contributed by atoms with Crippen LogP contribution in [-0.2, 0) is 9.53 Å². The molecule has 0 bridgehead atoms. The molecule has 1 heterocycles. The normalized spacial score (nSPS) is 15.7. The van der Waals surface area contributed by atoms with Crippen LogP contribution < -0.4 is 10.6 Å². The Bertz CT molecular complexity index is 596. The van der Waals surface area contributed by atoms with Gasteiger partial charge in [-0.3, -0.25) is 9.79 Å². The predicted octanol–water partition coefficient (Wildman–Crippen LogP) is 3.31. The molecule has 0 aromatic heterocycles. The van der Waals surface area contributed by atoms with E-state index in [0.29, 0.717) is 19.0 Å². The highest BCUT2D eigenvalue weighted by Gasteiger charge is 2.29. The second-order valence-corrected chi connectivity index (χ2v) is 9.58. The molecule has 0 atom stereocenters. The van der Waals surface area contributed by atoms with Crippen molar-refractivity contribution in [1.82, 2.24) is 20.4 Å². The molecule has 0 spiro atoms. The van der Waals surface area contributed by atoms with Crippen LogP contribution in [-0.4, -0.2) is 79.7 Å². The Hall–Kier alpha value is -1.26. The summed E-state index contributed by atoms with van der Waals surface area (Å²) in [5, 5.41) is 6.06. The number of rotatable bonds is 7. The molecular weight excluding hydrogens is 509 g/mol. The van der Waals surface area contributed by atoms with Gasteiger partial charge in [0.1, 0.15) is 5.60 Å². The summed E-state index contributed by atoms with van der Waals surface area (Å²) in [6.45, 7) is 17.9. The van der Waals surface area contributed by atoms with Crippen LogP contribution in [0.3, 0.4) is 0 Å². The zero-order valence-corrected chi connectivity index (χ0v) is 23.0. The fourth-order valence-electron chi connectivity index (χ4n) is 3.41. The summed E-state index contributed by atoms with van der Waals surface area (Å²) in [6.07, 6.45) is 1.74. The number of hydrogen-bond acceptors (Lipinski definition) is 4. The average molecular weight is 554 g/mol. The van der Waals surface area contributed by atoms with Crippen molar-refractivity contribution < 1.29 is 14.3 Å². The van der Waals surface area contributed by atoms with Crippen molar-refractivity contribution >= 4 is 41.9 Å². The van der Waals surface area contributed by atoms with Gasteiger partial charge in [0.2, 0.25) is 5.91 Å². The molecule has 0 aromatic rings. The van der Waals surface area contributed by atoms with Crippen LogP contribution in [0.1, 0.15) is 61.3 Å². The maximum atomic E-state index is 12.4. The van der Waals surface area contributed by atoms with Crippen LogP contribution in [0.4, 0.5) is 4.79 Å². The Morgan fingerprint density at radius 1 is 1.13 bits per heavy atom. The SMILES string of the molecule is CCNC(=NCC(C)(C)C(=O)NC)N1CCC(CN(CC)C(=O)OC(C)(C)C)CC1.I. The van der Waals surface area contributed by atoms with E-state index in [9.17, 15) is 9.59 Å². The van der Waals surface area contributed by atoms with E-state index in [-0.39, 0.29) is 36.0 Å². The lowest BCUT2D eigenvalue weighted by Gasteiger charge is -2.37. The van der Waals surface area contributed by atoms with Crippen molar-refractivity contribution in [2.45, 2.75) is 66.9 Å². The maximum Gasteiger partial charge on any atom is 0.410 e. The fourth-order valence-corrected chi connectivity index (χ4v) is 3.41. The zero-order chi connectivity index (χ0) is 22.9. The van der Waals surface area contributed by atoms with E-state index in [2.05, 4.69) is 15.5 Å². The van der Waals surface area contributed by atoms with Gasteiger partial charge in [-0.15, -0.1) is 24.0 Å². The molecule has 2 amide bonds. The molecule has 1 rings (SSSR count). The summed E-state index contributed by atoms with van der Waals surface area (Å²) in [7, 11) is 1.65. The molecular formula is C22H44IN5O3. The van der Waals surface area contributed by atoms with Crippen LogP contribution in [0.5, 0.6) is 0 Å². The number of nitrogens with zero attached hydrogens (tertiary/aromatic N) is 3. The molecule has 9 heteroatoms. The summed E-state index contributed by atoms with van der Waals surface area (Å²) in [5.41, 5.74) is -1.03. The van der Waals surface area contributed by atoms with Crippen molar-refractivity contribution in [1.29, 1.82) is 0 Å². The summed E-state index contributed by atoms with van der Waals surface area (Å²) in [6, 6.07) is 0. The van der Waals surface area contributed by atoms with Gasteiger partial charge < -0.3 is 25.2 Å². The van der Waals surface area contributed by atoms with Crippen molar-refractivity contribution in [2.24, 2.45) is 16.3 Å². The number of amides is 2. The molecule has 31 heavy (non-hydrogen) atoms. The number of nitrogens with one attached hydrogen (secondary N) is 2. The number of likely N-dealkylation sites (tertiary alicyclic amines) is 1. The van der Waals surface area contributed by atoms with Gasteiger partial charge in [-0.25, -0.2) is 4.79 Å². The van der Waals surface area contributed by atoms with Crippen LogP contribution in [0.25, 0.3) is 0 Å². The molecule has 1 fully saturated rings. The van der Waals surface area contributed by atoms with E-state index in [1.165, 1.54) is 0 Å². The van der Waals surface area contributed by atoms with Crippen LogP contribution >= 0.6 is 24.0 Å². The molecule has 182 valence electrons. The number of aliphatic imine (C=N–C) groups is 1. The smallest absolute Gasteiger partial charge is 0.410 e. The van der Waals surface area contributed by atoms with Gasteiger partial charge >= 0.3 is 6.09 Å². The molecule has 0 radical (unpaired) electrons. The first-order valence-corrected chi connectivity index (χ1v) is 11.2. The Kier molecular flexibility index (Phi) is 12.8. The first kappa shape index (κ1) is 29.7. The number of guanidine groups is 1. The molecule has 0 unspecified atom stereocenters. The summed E-state index contributed by atoms with van der Waals surface area (Å²) in [4.78, 5) is 33.2. The van der Waals surface area contributed by atoms with Crippen LogP contribution in [0, 0.1) is 11.3 Å². The van der Waals surface area contributed by atoms with E-state index in [1.807, 2.05) is 48.5 Å². The van der Waals surface area contributed by atoms with Gasteiger partial charge in [0.15, 0.2) is 5.96 Å². The number of piperidine rings is 1. The lowest BCUT2D eigenvalue weighted by Crippen LogP contribution is -2.48. The Labute approximate surface area is 205 Å². The van der Waals surface area contributed by atoms with Gasteiger partial charge in [0.25, 0.3) is 0 Å². The Morgan fingerprint density at radius 3 is 2.16 bits per heavy atom. The molecule has 2 N–H and O–H groups in total. The standard InChI is InChI=1S/C22H43N5O3.HI/c1-9-24-19(25-16-22(6,7)18(28)23-8)27-13-11-17(12-14-27)15-26(10-2)20(29)30-21(3,4)5;/h17H,9-16H2,1-8H3,(H,23,28)(H,24,25);1H. The number of hydrogen-bond donors (Lipinski definition) is 2. The third-order valence-electron chi connectivity index (χ3n) is 5.23. The maximum absolute atomic E-state index is 12.4. The molecule has 1 aliphatic rings. The summed E-state index contributed by atoms with van der Waals surface area (Å²) < 4.78 is 5.53. The second kappa shape index (κ2) is 13.3. The van der Waals surface area contributed by atoms with Crippen LogP contribution in [0.15, 0.2) is 4.99 Å². The van der Waals surface area contributed by atoms with Crippen molar-refractivity contribution in [3.8, 4) is 0 Å². The van der Waals surface area contributed by atoms with Crippen molar-refractivity contribution in [3.05, 3.63) is 0 Å². The summed E-state index contributed by atoms with van der Waals surface area (Å²) >= 11 is 0. The molecule has 0 aromatic carbocycles. The molecule has 0 aliphatic carbocycles. The lowest BCUT2D eigenvalue weighted by molar-refractivity contribution is -0.128. The zero-order valence-electron chi connectivity index (χ0n) is 20.7. The average Bonchev–Trinajstić information content (AvgIpc) is 2.67. The van der Waals surface area contributed by atoms with Gasteiger partial charge in [-0.2, -0.15) is 0 Å². The van der Waals surface area contributed by atoms with E-state index < -0.39 is 11.0 Å². The fraction of sp³-hybridized carbons (Fsp3) is 0.864. The largest absolute Gasteiger partial charge is 0.444 e. The van der Waals surface area contributed by atoms with Crippen molar-refractivity contribution in [3.63, 3.8) is 0 Å². The Balaban J connectivity index is 0.00000900. The highest BCUT2D eigenvalue weighted by Crippen LogP contribution is 2.21. The molecule has 1 aliphatic heterocycles. The highest BCUT2D eigenvalue weighted by molar-refractivity contribution is 14.0. The molecule has 0 saturated carbocycles. The topological polar surface area (TPSA) is 86.3 Å². The van der Waals surface area contributed by atoms with Gasteiger partial charge in [0.05, 0.1) is 12.0 Å². The Morgan fingerprint density at radius 2 is 1.71 bits per heavy atom. The van der Waals surface area contributed by atoms with Gasteiger partial charge in [0, 0.05) is 39.8 Å². The van der Waals surface area contributed by atoms with E-state index in [4.69, 9.17) is 9.73 Å². The third-order valence-corrected chi connectivity index (χ3v) is 5.23. The number of halogens is 1. The number of carbonyl (C=O) groups is 2. The van der Waals surface area contributed by atoms with Gasteiger partial charge in [-0.05, 0) is 67.2 Å². The van der Waals surface area contributed by atoms with E-state index in [0.717, 1.165) is 45.0 Å². The monoisotopic (exact) mass is 553 g/mol. The number of carbonyl (C=O) groups excluding carboxylic acids is 2. The second-order valence-electron chi connectivity index (χ2n) is 9.58. The lowest BCUT2D eigenvalue weighted by atomic mass is 9.92. The summed E-state index contributed by atoms with van der Waals surface area (Å²) in [5.74, 6) is 1.29. The van der Waals surface area contributed by atoms with E-state index >= 15 is 0 Å². The predicted molar refractivity (Wildman–Crippen MR) is 137 cm³/mol. The minimum Gasteiger partial charge on any atom is -0.444 e. The van der Waals surface area contributed by atoms with Crippen molar-refractivity contribution in [2.75, 3.05) is 46.3 Å².